The molecule has 2 aromatic carbocycles. The van der Waals surface area contributed by atoms with Crippen molar-refractivity contribution in [2.24, 2.45) is 0 Å². The third-order valence-corrected chi connectivity index (χ3v) is 5.77. The Morgan fingerprint density at radius 2 is 1.56 bits per heavy atom. The van der Waals surface area contributed by atoms with E-state index in [1.165, 1.54) is 0 Å². The molecule has 1 N–H and O–H groups in total. The number of sulfonamides is 1. The van der Waals surface area contributed by atoms with Gasteiger partial charge in [-0.05, 0) is 61.7 Å². The molecule has 0 radical (unpaired) electrons. The van der Waals surface area contributed by atoms with Crippen LogP contribution in [0.15, 0.2) is 48.5 Å². The van der Waals surface area contributed by atoms with Crippen LogP contribution in [-0.4, -0.2) is 33.2 Å². The molecule has 1 amide bonds. The predicted molar refractivity (Wildman–Crippen MR) is 111 cm³/mol. The number of nitrogens with zero attached hydrogens (tertiary/aromatic N) is 1. The van der Waals surface area contributed by atoms with Crippen molar-refractivity contribution in [2.45, 2.75) is 25.8 Å². The molecular weight excluding hydrogens is 407 g/mol. The van der Waals surface area contributed by atoms with Crippen LogP contribution in [0.5, 0.6) is 0 Å². The molecule has 0 bridgehead atoms. The first-order valence-electron chi connectivity index (χ1n) is 8.45. The van der Waals surface area contributed by atoms with E-state index in [2.05, 4.69) is 5.32 Å². The maximum absolute atomic E-state index is 12.5. The highest BCUT2D eigenvalue weighted by atomic mass is 35.5. The van der Waals surface area contributed by atoms with Crippen molar-refractivity contribution in [1.29, 1.82) is 0 Å². The first kappa shape index (κ1) is 21.5. The Morgan fingerprint density at radius 3 is 2.07 bits per heavy atom. The fourth-order valence-corrected chi connectivity index (χ4v) is 4.13. The highest BCUT2D eigenvalue weighted by Crippen LogP contribution is 2.23. The first-order valence-corrected chi connectivity index (χ1v) is 11.1. The number of nitrogens with one attached hydrogen (secondary N) is 1. The van der Waals surface area contributed by atoms with Gasteiger partial charge < -0.3 is 5.32 Å². The Hall–Kier alpha value is -1.76. The van der Waals surface area contributed by atoms with Gasteiger partial charge in [-0.25, -0.2) is 8.42 Å². The van der Waals surface area contributed by atoms with Crippen LogP contribution in [0.4, 0.5) is 5.69 Å². The summed E-state index contributed by atoms with van der Waals surface area (Å²) in [5.74, 6) is -0.355. The molecule has 0 heterocycles. The van der Waals surface area contributed by atoms with Crippen LogP contribution >= 0.6 is 23.2 Å². The van der Waals surface area contributed by atoms with E-state index in [4.69, 9.17) is 23.2 Å². The number of carbonyl (C=O) groups excluding carboxylic acids is 1. The predicted octanol–water partition coefficient (Wildman–Crippen LogP) is 3.90. The molecule has 27 heavy (non-hydrogen) atoms. The van der Waals surface area contributed by atoms with E-state index in [0.717, 1.165) is 29.0 Å². The number of hydrogen-bond acceptors (Lipinski definition) is 3. The van der Waals surface area contributed by atoms with Gasteiger partial charge in [0.1, 0.15) is 6.04 Å². The zero-order valence-electron chi connectivity index (χ0n) is 15.2. The lowest BCUT2D eigenvalue weighted by molar-refractivity contribution is -0.121. The van der Waals surface area contributed by atoms with E-state index in [9.17, 15) is 13.2 Å². The van der Waals surface area contributed by atoms with Gasteiger partial charge in [-0.15, -0.1) is 0 Å². The number of carbonyl (C=O) groups is 1. The molecule has 146 valence electrons. The topological polar surface area (TPSA) is 66.5 Å². The monoisotopic (exact) mass is 428 g/mol. The zero-order valence-corrected chi connectivity index (χ0v) is 17.5. The summed E-state index contributed by atoms with van der Waals surface area (Å²) in [6.45, 7) is 2.01. The van der Waals surface area contributed by atoms with Crippen molar-refractivity contribution >= 4 is 44.8 Å². The lowest BCUT2D eigenvalue weighted by Gasteiger charge is -2.28. The fraction of sp³-hybridized carbons (Fsp3) is 0.316. The normalized spacial score (nSPS) is 12.4. The number of hydrogen-bond donors (Lipinski definition) is 1. The number of halogens is 2. The Balaban J connectivity index is 1.96. The maximum atomic E-state index is 12.5. The standard InChI is InChI=1S/C19H22Cl2N2O3S/c1-14(23(27(2,25)26)18-11-9-17(21)10-12-18)19(24)22-13-3-4-15-5-7-16(20)8-6-15/h5-12,14H,3-4,13H2,1-2H3,(H,22,24)/t14-/m1/s1. The van der Waals surface area contributed by atoms with Gasteiger partial charge in [-0.1, -0.05) is 35.3 Å². The smallest absolute Gasteiger partial charge is 0.243 e. The molecule has 5 nitrogen and oxygen atoms in total. The summed E-state index contributed by atoms with van der Waals surface area (Å²) < 4.78 is 25.5. The number of amides is 1. The number of benzene rings is 2. The average molecular weight is 429 g/mol. The Bertz CT molecular complexity index is 869. The average Bonchev–Trinajstić information content (AvgIpc) is 2.60. The second-order valence-corrected chi connectivity index (χ2v) is 8.96. The van der Waals surface area contributed by atoms with Gasteiger partial charge in [-0.3, -0.25) is 9.10 Å². The van der Waals surface area contributed by atoms with Crippen molar-refractivity contribution in [3.63, 3.8) is 0 Å². The molecular formula is C19H22Cl2N2O3S. The highest BCUT2D eigenvalue weighted by molar-refractivity contribution is 7.92. The van der Waals surface area contributed by atoms with E-state index >= 15 is 0 Å². The molecule has 0 saturated heterocycles. The molecule has 1 atom stereocenters. The molecule has 0 aliphatic carbocycles. The first-order chi connectivity index (χ1) is 12.7. The number of rotatable bonds is 8. The van der Waals surface area contributed by atoms with Crippen molar-refractivity contribution in [3.8, 4) is 0 Å². The molecule has 0 aliphatic rings. The van der Waals surface area contributed by atoms with Crippen LogP contribution in [-0.2, 0) is 21.2 Å². The number of aryl methyl sites for hydroxylation is 1. The van der Waals surface area contributed by atoms with Crippen LogP contribution < -0.4 is 9.62 Å². The lowest BCUT2D eigenvalue weighted by Crippen LogP contribution is -2.48. The fourth-order valence-electron chi connectivity index (χ4n) is 2.70. The highest BCUT2D eigenvalue weighted by Gasteiger charge is 2.28. The van der Waals surface area contributed by atoms with Crippen molar-refractivity contribution in [2.75, 3.05) is 17.1 Å². The Labute approximate surface area is 170 Å². The summed E-state index contributed by atoms with van der Waals surface area (Å²) >= 11 is 11.7. The zero-order chi connectivity index (χ0) is 20.0. The van der Waals surface area contributed by atoms with Gasteiger partial charge in [0.2, 0.25) is 15.9 Å². The Morgan fingerprint density at radius 1 is 1.04 bits per heavy atom. The summed E-state index contributed by atoms with van der Waals surface area (Å²) in [4.78, 5) is 12.5. The van der Waals surface area contributed by atoms with Crippen molar-refractivity contribution in [3.05, 3.63) is 64.1 Å². The van der Waals surface area contributed by atoms with Gasteiger partial charge in [0.05, 0.1) is 11.9 Å². The summed E-state index contributed by atoms with van der Waals surface area (Å²) in [6.07, 6.45) is 2.60. The minimum Gasteiger partial charge on any atom is -0.354 e. The SMILES string of the molecule is C[C@H](C(=O)NCCCc1ccc(Cl)cc1)N(c1ccc(Cl)cc1)S(C)(=O)=O. The van der Waals surface area contributed by atoms with E-state index in [-0.39, 0.29) is 5.91 Å². The van der Waals surface area contributed by atoms with Gasteiger partial charge >= 0.3 is 0 Å². The van der Waals surface area contributed by atoms with Crippen LogP contribution in [0.3, 0.4) is 0 Å². The van der Waals surface area contributed by atoms with Crippen molar-refractivity contribution in [1.82, 2.24) is 5.32 Å². The summed E-state index contributed by atoms with van der Waals surface area (Å²) in [7, 11) is -3.64. The van der Waals surface area contributed by atoms with Crippen LogP contribution in [0, 0.1) is 0 Å². The van der Waals surface area contributed by atoms with Gasteiger partial charge in [-0.2, -0.15) is 0 Å². The molecule has 2 rings (SSSR count). The van der Waals surface area contributed by atoms with Gasteiger partial charge in [0.25, 0.3) is 0 Å². The van der Waals surface area contributed by atoms with Crippen LogP contribution in [0.2, 0.25) is 10.0 Å². The molecule has 0 aliphatic heterocycles. The second-order valence-electron chi connectivity index (χ2n) is 6.23. The second kappa shape index (κ2) is 9.44. The quantitative estimate of drug-likeness (QED) is 0.648. The molecule has 0 aromatic heterocycles. The van der Waals surface area contributed by atoms with E-state index < -0.39 is 16.1 Å². The molecule has 0 fully saturated rings. The molecule has 0 spiro atoms. The lowest BCUT2D eigenvalue weighted by atomic mass is 10.1. The Kier molecular flexibility index (Phi) is 7.53. The molecule has 0 unspecified atom stereocenters. The maximum Gasteiger partial charge on any atom is 0.243 e. The molecule has 0 saturated carbocycles. The van der Waals surface area contributed by atoms with Gasteiger partial charge in [0, 0.05) is 16.6 Å². The van der Waals surface area contributed by atoms with Gasteiger partial charge in [0.15, 0.2) is 0 Å². The number of anilines is 1. The van der Waals surface area contributed by atoms with Crippen molar-refractivity contribution < 1.29 is 13.2 Å². The minimum absolute atomic E-state index is 0.355. The molecule has 2 aromatic rings. The summed E-state index contributed by atoms with van der Waals surface area (Å²) in [6, 6.07) is 13.0. The largest absolute Gasteiger partial charge is 0.354 e. The van der Waals surface area contributed by atoms with E-state index in [1.807, 2.05) is 24.3 Å². The van der Waals surface area contributed by atoms with E-state index in [1.54, 1.807) is 31.2 Å². The molecule has 8 heteroatoms. The third kappa shape index (κ3) is 6.41. The summed E-state index contributed by atoms with van der Waals surface area (Å²) in [5.41, 5.74) is 1.52. The third-order valence-electron chi connectivity index (χ3n) is 4.02. The minimum atomic E-state index is -3.64. The summed E-state index contributed by atoms with van der Waals surface area (Å²) in [5, 5.41) is 3.98. The van der Waals surface area contributed by atoms with Crippen LogP contribution in [0.1, 0.15) is 18.9 Å². The van der Waals surface area contributed by atoms with E-state index in [0.29, 0.717) is 22.3 Å². The van der Waals surface area contributed by atoms with Crippen LogP contribution in [0.25, 0.3) is 0 Å².